The fraction of sp³-hybridized carbons (Fsp3) is 0.438. The molecule has 0 unspecified atom stereocenters. The van der Waals surface area contributed by atoms with Gasteiger partial charge in [0, 0.05) is 19.3 Å². The number of nitrogens with one attached hydrogen (secondary N) is 1. The van der Waals surface area contributed by atoms with Crippen LogP contribution in [0.15, 0.2) is 30.5 Å². The molecule has 0 atom stereocenters. The topological polar surface area (TPSA) is 53.9 Å². The standard InChI is InChI=1S/C16H23N5/c1-4-6-11-21(3)15-12-17-20-16(19-15)18-14-9-7-13(5-2)8-10-14/h7-10,12H,4-6,11H2,1-3H3,(H,18,19,20). The van der Waals surface area contributed by atoms with Gasteiger partial charge in [0.1, 0.15) is 0 Å². The number of nitrogens with zero attached hydrogens (tertiary/aromatic N) is 4. The van der Waals surface area contributed by atoms with Gasteiger partial charge in [-0.15, -0.1) is 5.10 Å². The fourth-order valence-corrected chi connectivity index (χ4v) is 1.99. The van der Waals surface area contributed by atoms with Gasteiger partial charge in [-0.25, -0.2) is 0 Å². The molecular weight excluding hydrogens is 262 g/mol. The van der Waals surface area contributed by atoms with Crippen molar-refractivity contribution >= 4 is 17.5 Å². The second-order valence-electron chi connectivity index (χ2n) is 5.09. The van der Waals surface area contributed by atoms with Crippen molar-refractivity contribution in [3.8, 4) is 0 Å². The van der Waals surface area contributed by atoms with Gasteiger partial charge in [0.2, 0.25) is 5.95 Å². The molecule has 2 aromatic rings. The van der Waals surface area contributed by atoms with E-state index in [2.05, 4.69) is 51.4 Å². The second kappa shape index (κ2) is 7.57. The minimum Gasteiger partial charge on any atom is -0.358 e. The minimum atomic E-state index is 0.528. The predicted molar refractivity (Wildman–Crippen MR) is 87.1 cm³/mol. The maximum absolute atomic E-state index is 4.50. The Morgan fingerprint density at radius 3 is 2.57 bits per heavy atom. The summed E-state index contributed by atoms with van der Waals surface area (Å²) in [5.74, 6) is 1.37. The van der Waals surface area contributed by atoms with E-state index in [1.54, 1.807) is 6.20 Å². The molecule has 1 N–H and O–H groups in total. The van der Waals surface area contributed by atoms with Gasteiger partial charge in [-0.3, -0.25) is 0 Å². The van der Waals surface area contributed by atoms with Gasteiger partial charge in [-0.1, -0.05) is 32.4 Å². The molecule has 0 aliphatic heterocycles. The van der Waals surface area contributed by atoms with Gasteiger partial charge in [0.05, 0.1) is 6.20 Å². The van der Waals surface area contributed by atoms with E-state index in [0.29, 0.717) is 5.95 Å². The molecule has 5 nitrogen and oxygen atoms in total. The minimum absolute atomic E-state index is 0.528. The van der Waals surface area contributed by atoms with E-state index >= 15 is 0 Å². The van der Waals surface area contributed by atoms with Crippen molar-refractivity contribution in [2.45, 2.75) is 33.1 Å². The number of benzene rings is 1. The SMILES string of the molecule is CCCCN(C)c1cnnc(Nc2ccc(CC)cc2)n1. The Morgan fingerprint density at radius 2 is 1.90 bits per heavy atom. The van der Waals surface area contributed by atoms with Gasteiger partial charge < -0.3 is 10.2 Å². The first-order valence-electron chi connectivity index (χ1n) is 7.49. The normalized spacial score (nSPS) is 10.4. The van der Waals surface area contributed by atoms with Gasteiger partial charge in [0.15, 0.2) is 5.82 Å². The lowest BCUT2D eigenvalue weighted by Gasteiger charge is -2.17. The van der Waals surface area contributed by atoms with E-state index in [4.69, 9.17) is 0 Å². The molecule has 0 radical (unpaired) electrons. The number of aryl methyl sites for hydroxylation is 1. The van der Waals surface area contributed by atoms with E-state index in [1.807, 2.05) is 19.2 Å². The number of hydrogen-bond acceptors (Lipinski definition) is 5. The third kappa shape index (κ3) is 4.41. The molecule has 0 aliphatic carbocycles. The molecule has 21 heavy (non-hydrogen) atoms. The zero-order valence-corrected chi connectivity index (χ0v) is 13.0. The molecule has 1 heterocycles. The summed E-state index contributed by atoms with van der Waals surface area (Å²) < 4.78 is 0. The highest BCUT2D eigenvalue weighted by molar-refractivity contribution is 5.54. The summed E-state index contributed by atoms with van der Waals surface area (Å²) in [5, 5.41) is 11.3. The van der Waals surface area contributed by atoms with Crippen molar-refractivity contribution in [2.75, 3.05) is 23.8 Å². The summed E-state index contributed by atoms with van der Waals surface area (Å²) in [7, 11) is 2.03. The van der Waals surface area contributed by atoms with Crippen LogP contribution in [0.5, 0.6) is 0 Å². The third-order valence-corrected chi connectivity index (χ3v) is 3.40. The molecule has 5 heteroatoms. The van der Waals surface area contributed by atoms with Crippen molar-refractivity contribution in [3.05, 3.63) is 36.0 Å². The van der Waals surface area contributed by atoms with E-state index < -0.39 is 0 Å². The fourth-order valence-electron chi connectivity index (χ4n) is 1.99. The zero-order valence-electron chi connectivity index (χ0n) is 13.0. The lowest BCUT2D eigenvalue weighted by Crippen LogP contribution is -2.20. The highest BCUT2D eigenvalue weighted by atomic mass is 15.3. The average Bonchev–Trinajstić information content (AvgIpc) is 2.53. The Labute approximate surface area is 126 Å². The number of hydrogen-bond donors (Lipinski definition) is 1. The highest BCUT2D eigenvalue weighted by Crippen LogP contribution is 2.16. The van der Waals surface area contributed by atoms with Gasteiger partial charge >= 0.3 is 0 Å². The lowest BCUT2D eigenvalue weighted by molar-refractivity contribution is 0.754. The molecule has 0 saturated carbocycles. The number of rotatable bonds is 7. The van der Waals surface area contributed by atoms with Crippen molar-refractivity contribution < 1.29 is 0 Å². The number of anilines is 3. The predicted octanol–water partition coefficient (Wildman–Crippen LogP) is 3.41. The van der Waals surface area contributed by atoms with Crippen LogP contribution in [0.3, 0.4) is 0 Å². The van der Waals surface area contributed by atoms with Gasteiger partial charge in [-0.2, -0.15) is 10.1 Å². The Hall–Kier alpha value is -2.17. The van der Waals surface area contributed by atoms with E-state index in [-0.39, 0.29) is 0 Å². The third-order valence-electron chi connectivity index (χ3n) is 3.40. The van der Waals surface area contributed by atoms with Crippen LogP contribution in [0.25, 0.3) is 0 Å². The van der Waals surface area contributed by atoms with Crippen molar-refractivity contribution in [2.24, 2.45) is 0 Å². The smallest absolute Gasteiger partial charge is 0.249 e. The maximum Gasteiger partial charge on any atom is 0.249 e. The molecule has 0 bridgehead atoms. The van der Waals surface area contributed by atoms with Crippen LogP contribution in [0.2, 0.25) is 0 Å². The zero-order chi connectivity index (χ0) is 15.1. The number of aromatic nitrogens is 3. The summed E-state index contributed by atoms with van der Waals surface area (Å²) >= 11 is 0. The Balaban J connectivity index is 2.06. The van der Waals surface area contributed by atoms with Crippen LogP contribution < -0.4 is 10.2 Å². The molecule has 0 amide bonds. The molecule has 0 saturated heterocycles. The molecule has 0 aliphatic rings. The quantitative estimate of drug-likeness (QED) is 0.845. The Kier molecular flexibility index (Phi) is 5.49. The summed E-state index contributed by atoms with van der Waals surface area (Å²) in [6.45, 7) is 5.30. The number of unbranched alkanes of at least 4 members (excludes halogenated alkanes) is 1. The highest BCUT2D eigenvalue weighted by Gasteiger charge is 2.05. The van der Waals surface area contributed by atoms with Crippen molar-refractivity contribution in [1.29, 1.82) is 0 Å². The first kappa shape index (κ1) is 15.2. The maximum atomic E-state index is 4.50. The molecule has 0 fully saturated rings. The first-order chi connectivity index (χ1) is 10.2. The Morgan fingerprint density at radius 1 is 1.14 bits per heavy atom. The Bertz CT molecular complexity index is 553. The van der Waals surface area contributed by atoms with Crippen molar-refractivity contribution in [3.63, 3.8) is 0 Å². The van der Waals surface area contributed by atoms with Crippen LogP contribution in [-0.2, 0) is 6.42 Å². The summed E-state index contributed by atoms with van der Waals surface area (Å²) in [6.07, 6.45) is 5.04. The van der Waals surface area contributed by atoms with E-state index in [0.717, 1.165) is 37.3 Å². The van der Waals surface area contributed by atoms with Gasteiger partial charge in [-0.05, 0) is 30.5 Å². The summed E-state index contributed by atoms with van der Waals surface area (Å²) in [4.78, 5) is 6.61. The van der Waals surface area contributed by atoms with Crippen LogP contribution in [-0.4, -0.2) is 28.8 Å². The lowest BCUT2D eigenvalue weighted by atomic mass is 10.1. The molecule has 0 spiro atoms. The first-order valence-corrected chi connectivity index (χ1v) is 7.49. The molecular formula is C16H23N5. The summed E-state index contributed by atoms with van der Waals surface area (Å²) in [5.41, 5.74) is 2.29. The van der Waals surface area contributed by atoms with Gasteiger partial charge in [0.25, 0.3) is 0 Å². The van der Waals surface area contributed by atoms with Crippen LogP contribution >= 0.6 is 0 Å². The molecule has 1 aromatic carbocycles. The van der Waals surface area contributed by atoms with Crippen LogP contribution in [0.4, 0.5) is 17.5 Å². The van der Waals surface area contributed by atoms with Crippen LogP contribution in [0.1, 0.15) is 32.3 Å². The van der Waals surface area contributed by atoms with Crippen LogP contribution in [0, 0.1) is 0 Å². The monoisotopic (exact) mass is 285 g/mol. The molecule has 1 aromatic heterocycles. The molecule has 112 valence electrons. The van der Waals surface area contributed by atoms with E-state index in [9.17, 15) is 0 Å². The second-order valence-corrected chi connectivity index (χ2v) is 5.09. The molecule has 2 rings (SSSR count). The largest absolute Gasteiger partial charge is 0.358 e. The average molecular weight is 285 g/mol. The van der Waals surface area contributed by atoms with Crippen molar-refractivity contribution in [1.82, 2.24) is 15.2 Å². The van der Waals surface area contributed by atoms with E-state index in [1.165, 1.54) is 5.56 Å². The summed E-state index contributed by atoms with van der Waals surface area (Å²) in [6, 6.07) is 8.28.